The molecule has 5 heterocycles. The molecular formula is C21H23ClN4O4S2. The maximum Gasteiger partial charge on any atom is 0.240 e. The highest BCUT2D eigenvalue weighted by Gasteiger charge is 2.51. The van der Waals surface area contributed by atoms with Crippen molar-refractivity contribution in [1.29, 1.82) is 0 Å². The van der Waals surface area contributed by atoms with E-state index < -0.39 is 21.9 Å². The molecule has 0 aromatic carbocycles. The molecule has 1 atom stereocenters. The first kappa shape index (κ1) is 21.8. The number of thiophene rings is 1. The minimum Gasteiger partial charge on any atom is -0.371 e. The van der Waals surface area contributed by atoms with E-state index in [-0.39, 0.29) is 19.0 Å². The van der Waals surface area contributed by atoms with Gasteiger partial charge in [0, 0.05) is 41.5 Å². The van der Waals surface area contributed by atoms with Gasteiger partial charge in [0.15, 0.2) is 0 Å². The van der Waals surface area contributed by atoms with Crippen LogP contribution in [0.1, 0.15) is 17.7 Å². The summed E-state index contributed by atoms with van der Waals surface area (Å²) in [5.74, 6) is -0.217. The van der Waals surface area contributed by atoms with Crippen LogP contribution in [-0.2, 0) is 19.6 Å². The largest absolute Gasteiger partial charge is 0.371 e. The molecule has 3 saturated heterocycles. The number of amides is 1. The number of hydrogen-bond acceptors (Lipinski definition) is 7. The van der Waals surface area contributed by atoms with Crippen LogP contribution < -0.4 is 4.90 Å². The molecule has 0 radical (unpaired) electrons. The number of anilines is 1. The summed E-state index contributed by atoms with van der Waals surface area (Å²) in [6.45, 7) is 2.11. The summed E-state index contributed by atoms with van der Waals surface area (Å²) in [6.07, 6.45) is 6.07. The van der Waals surface area contributed by atoms with Gasteiger partial charge in [-0.05, 0) is 43.2 Å². The highest BCUT2D eigenvalue weighted by molar-refractivity contribution is 7.92. The number of ether oxygens (including phenoxy) is 1. The van der Waals surface area contributed by atoms with Crippen LogP contribution in [-0.4, -0.2) is 73.1 Å². The highest BCUT2D eigenvalue weighted by atomic mass is 35.5. The third-order valence-electron chi connectivity index (χ3n) is 6.24. The fourth-order valence-corrected chi connectivity index (χ4v) is 6.69. The topological polar surface area (TPSA) is 83.0 Å². The second-order valence-electron chi connectivity index (χ2n) is 8.25. The standard InChI is InChI=1S/C21H23ClN4O4S2/c22-18-2-1-17(31-18)5-12-32(28,29)25-13-19(27)26-15-21(30-20(26)14-25)6-10-24(11-7-21)16-3-8-23-9-4-16/h1-5,8-9,12,20H,6-7,10-11,13-15H2. The number of nitrogens with zero attached hydrogens (tertiary/aromatic N) is 4. The van der Waals surface area contributed by atoms with Crippen LogP contribution in [0.15, 0.2) is 42.1 Å². The first-order valence-electron chi connectivity index (χ1n) is 10.4. The molecule has 1 unspecified atom stereocenters. The Hall–Kier alpha value is -1.98. The fraction of sp³-hybridized carbons (Fsp3) is 0.429. The van der Waals surface area contributed by atoms with Crippen molar-refractivity contribution in [1.82, 2.24) is 14.2 Å². The Morgan fingerprint density at radius 1 is 1.19 bits per heavy atom. The summed E-state index contributed by atoms with van der Waals surface area (Å²) >= 11 is 7.20. The molecule has 2 aromatic heterocycles. The molecule has 0 bridgehead atoms. The van der Waals surface area contributed by atoms with Crippen molar-refractivity contribution in [2.45, 2.75) is 24.7 Å². The van der Waals surface area contributed by atoms with Gasteiger partial charge in [0.05, 0.1) is 29.6 Å². The molecule has 1 amide bonds. The van der Waals surface area contributed by atoms with Crippen LogP contribution in [0.4, 0.5) is 5.69 Å². The number of fused-ring (bicyclic) bond motifs is 1. The zero-order chi connectivity index (χ0) is 22.3. The zero-order valence-electron chi connectivity index (χ0n) is 17.3. The minimum absolute atomic E-state index is 0.138. The lowest BCUT2D eigenvalue weighted by Crippen LogP contribution is -2.55. The smallest absolute Gasteiger partial charge is 0.240 e. The number of hydrogen-bond donors (Lipinski definition) is 0. The van der Waals surface area contributed by atoms with Gasteiger partial charge in [-0.25, -0.2) is 8.42 Å². The normalized spacial score (nSPS) is 23.9. The number of piperidine rings is 1. The number of piperazine rings is 1. The maximum absolute atomic E-state index is 12.8. The van der Waals surface area contributed by atoms with Crippen molar-refractivity contribution in [2.24, 2.45) is 0 Å². The molecule has 2 aromatic rings. The Bertz CT molecular complexity index is 1130. The van der Waals surface area contributed by atoms with Crippen LogP contribution in [0, 0.1) is 0 Å². The van der Waals surface area contributed by atoms with E-state index in [0.717, 1.165) is 41.9 Å². The quantitative estimate of drug-likeness (QED) is 0.649. The summed E-state index contributed by atoms with van der Waals surface area (Å²) in [4.78, 5) is 21.6. The van der Waals surface area contributed by atoms with Crippen LogP contribution in [0.25, 0.3) is 6.08 Å². The lowest BCUT2D eigenvalue weighted by atomic mass is 9.91. The lowest BCUT2D eigenvalue weighted by Gasteiger charge is -2.39. The molecule has 170 valence electrons. The Morgan fingerprint density at radius 2 is 1.94 bits per heavy atom. The molecule has 0 saturated carbocycles. The van der Waals surface area contributed by atoms with E-state index in [0.29, 0.717) is 10.9 Å². The summed E-state index contributed by atoms with van der Waals surface area (Å²) in [7, 11) is -3.76. The molecule has 32 heavy (non-hydrogen) atoms. The molecule has 3 fully saturated rings. The summed E-state index contributed by atoms with van der Waals surface area (Å²) in [6, 6.07) is 7.44. The van der Waals surface area contributed by atoms with E-state index >= 15 is 0 Å². The van der Waals surface area contributed by atoms with Crippen molar-refractivity contribution < 1.29 is 17.9 Å². The molecule has 8 nitrogen and oxygen atoms in total. The predicted octanol–water partition coefficient (Wildman–Crippen LogP) is 2.64. The molecule has 3 aliphatic rings. The average molecular weight is 495 g/mol. The number of carbonyl (C=O) groups is 1. The first-order valence-corrected chi connectivity index (χ1v) is 13.1. The minimum atomic E-state index is -3.76. The van der Waals surface area contributed by atoms with Gasteiger partial charge in [0.1, 0.15) is 6.23 Å². The van der Waals surface area contributed by atoms with Gasteiger partial charge in [-0.15, -0.1) is 11.3 Å². The van der Waals surface area contributed by atoms with E-state index in [4.69, 9.17) is 16.3 Å². The van der Waals surface area contributed by atoms with Gasteiger partial charge in [0.2, 0.25) is 15.9 Å². The van der Waals surface area contributed by atoms with Gasteiger partial charge in [-0.1, -0.05) is 11.6 Å². The first-order chi connectivity index (χ1) is 15.3. The Kier molecular flexibility index (Phi) is 5.75. The molecule has 1 spiro atoms. The summed E-state index contributed by atoms with van der Waals surface area (Å²) < 4.78 is 33.8. The highest BCUT2D eigenvalue weighted by Crippen LogP contribution is 2.38. The summed E-state index contributed by atoms with van der Waals surface area (Å²) in [5, 5.41) is 1.13. The van der Waals surface area contributed by atoms with Crippen molar-refractivity contribution in [3.8, 4) is 0 Å². The van der Waals surface area contributed by atoms with Crippen LogP contribution in [0.5, 0.6) is 0 Å². The number of aromatic nitrogens is 1. The predicted molar refractivity (Wildman–Crippen MR) is 124 cm³/mol. The van der Waals surface area contributed by atoms with Gasteiger partial charge >= 0.3 is 0 Å². The second-order valence-corrected chi connectivity index (χ2v) is 11.8. The lowest BCUT2D eigenvalue weighted by molar-refractivity contribution is -0.144. The molecule has 3 aliphatic heterocycles. The molecule has 5 rings (SSSR count). The number of pyridine rings is 1. The van der Waals surface area contributed by atoms with E-state index in [9.17, 15) is 13.2 Å². The number of sulfonamides is 1. The SMILES string of the molecule is O=C1CN(S(=O)(=O)C=Cc2ccc(Cl)s2)CC2OC3(CCN(c4ccncc4)CC3)CN12. The van der Waals surface area contributed by atoms with Crippen molar-refractivity contribution >= 4 is 50.6 Å². The third kappa shape index (κ3) is 4.29. The van der Waals surface area contributed by atoms with Gasteiger partial charge in [-0.3, -0.25) is 9.78 Å². The Morgan fingerprint density at radius 3 is 2.62 bits per heavy atom. The monoisotopic (exact) mass is 494 g/mol. The van der Waals surface area contributed by atoms with Crippen molar-refractivity contribution in [2.75, 3.05) is 37.6 Å². The van der Waals surface area contributed by atoms with Gasteiger partial charge in [-0.2, -0.15) is 4.31 Å². The molecule has 11 heteroatoms. The maximum atomic E-state index is 12.8. The van der Waals surface area contributed by atoms with Crippen molar-refractivity contribution in [3.63, 3.8) is 0 Å². The number of rotatable bonds is 4. The van der Waals surface area contributed by atoms with Gasteiger partial charge in [0.25, 0.3) is 0 Å². The number of carbonyl (C=O) groups excluding carboxylic acids is 1. The molecule has 0 aliphatic carbocycles. The Labute approximate surface area is 196 Å². The van der Waals surface area contributed by atoms with Crippen LogP contribution in [0.2, 0.25) is 4.34 Å². The van der Waals surface area contributed by atoms with E-state index in [2.05, 4.69) is 9.88 Å². The second kappa shape index (κ2) is 8.42. The Balaban J connectivity index is 1.25. The molecular weight excluding hydrogens is 472 g/mol. The van der Waals surface area contributed by atoms with Crippen molar-refractivity contribution in [3.05, 3.63) is 51.3 Å². The van der Waals surface area contributed by atoms with Crippen LogP contribution >= 0.6 is 22.9 Å². The van der Waals surface area contributed by atoms with E-state index in [1.165, 1.54) is 21.7 Å². The molecule has 0 N–H and O–H groups in total. The summed E-state index contributed by atoms with van der Waals surface area (Å²) in [5.41, 5.74) is 0.699. The van der Waals surface area contributed by atoms with E-state index in [1.807, 2.05) is 12.1 Å². The number of halogens is 1. The van der Waals surface area contributed by atoms with Gasteiger partial charge < -0.3 is 14.5 Å². The average Bonchev–Trinajstić information content (AvgIpc) is 3.37. The fourth-order valence-electron chi connectivity index (χ4n) is 4.52. The van der Waals surface area contributed by atoms with E-state index in [1.54, 1.807) is 29.4 Å². The third-order valence-corrected chi connectivity index (χ3v) is 8.92. The van der Waals surface area contributed by atoms with Crippen LogP contribution in [0.3, 0.4) is 0 Å². The zero-order valence-corrected chi connectivity index (χ0v) is 19.7.